The number of esters is 2. The van der Waals surface area contributed by atoms with Crippen molar-refractivity contribution in [2.75, 3.05) is 38.2 Å². The van der Waals surface area contributed by atoms with E-state index in [4.69, 9.17) is 19.9 Å². The lowest BCUT2D eigenvalue weighted by Crippen LogP contribution is -2.39. The second kappa shape index (κ2) is 6.69. The Bertz CT molecular complexity index is 889. The van der Waals surface area contributed by atoms with Crippen molar-refractivity contribution in [3.05, 3.63) is 29.0 Å². The molecule has 0 amide bonds. The first-order valence-electron chi connectivity index (χ1n) is 7.38. The minimum absolute atomic E-state index is 0.0292. The average Bonchev–Trinajstić information content (AvgIpc) is 2.97. The van der Waals surface area contributed by atoms with Crippen LogP contribution in [0.2, 0.25) is 0 Å². The van der Waals surface area contributed by atoms with Crippen molar-refractivity contribution in [3.8, 4) is 0 Å². The fourth-order valence-electron chi connectivity index (χ4n) is 2.71. The number of rotatable bonds is 3. The molecular weight excluding hydrogens is 346 g/mol. The van der Waals surface area contributed by atoms with Crippen LogP contribution in [-0.4, -0.2) is 44.5 Å². The molecule has 8 nitrogen and oxygen atoms in total. The SMILES string of the molecule is COC(=O)C1=C(C(=O)OC)N(c2cc3nc(N)sc3cc2C)COC1. The van der Waals surface area contributed by atoms with E-state index in [0.717, 1.165) is 10.3 Å². The molecule has 0 radical (unpaired) electrons. The van der Waals surface area contributed by atoms with Crippen LogP contribution in [0, 0.1) is 6.92 Å². The Kier molecular flexibility index (Phi) is 4.60. The van der Waals surface area contributed by atoms with Crippen LogP contribution in [0.1, 0.15) is 5.56 Å². The van der Waals surface area contributed by atoms with Gasteiger partial charge in [-0.25, -0.2) is 14.6 Å². The molecule has 0 atom stereocenters. The number of anilines is 2. The first-order valence-corrected chi connectivity index (χ1v) is 8.19. The molecule has 0 fully saturated rings. The van der Waals surface area contributed by atoms with E-state index in [0.29, 0.717) is 16.3 Å². The predicted molar refractivity (Wildman–Crippen MR) is 93.1 cm³/mol. The minimum atomic E-state index is -0.638. The number of carbonyl (C=O) groups excluding carboxylic acids is 2. The van der Waals surface area contributed by atoms with Gasteiger partial charge < -0.3 is 24.8 Å². The Hall–Kier alpha value is -2.65. The molecule has 3 rings (SSSR count). The van der Waals surface area contributed by atoms with E-state index in [1.165, 1.54) is 25.6 Å². The van der Waals surface area contributed by atoms with Crippen molar-refractivity contribution >= 4 is 44.3 Å². The summed E-state index contributed by atoms with van der Waals surface area (Å²) in [7, 11) is 2.51. The summed E-state index contributed by atoms with van der Waals surface area (Å²) in [5.41, 5.74) is 8.25. The van der Waals surface area contributed by atoms with Crippen LogP contribution in [0.4, 0.5) is 10.8 Å². The van der Waals surface area contributed by atoms with Gasteiger partial charge in [-0.15, -0.1) is 0 Å². The number of benzene rings is 1. The lowest BCUT2D eigenvalue weighted by molar-refractivity contribution is -0.140. The highest BCUT2D eigenvalue weighted by atomic mass is 32.1. The zero-order chi connectivity index (χ0) is 18.1. The normalized spacial score (nSPS) is 14.8. The number of methoxy groups -OCH3 is 2. The first-order chi connectivity index (χ1) is 12.0. The lowest BCUT2D eigenvalue weighted by Gasteiger charge is -2.32. The number of aromatic nitrogens is 1. The molecule has 25 heavy (non-hydrogen) atoms. The number of carbonyl (C=O) groups is 2. The average molecular weight is 363 g/mol. The number of nitrogen functional groups attached to an aromatic ring is 1. The Labute approximate surface area is 147 Å². The van der Waals surface area contributed by atoms with E-state index in [1.54, 1.807) is 4.90 Å². The van der Waals surface area contributed by atoms with Gasteiger partial charge in [-0.3, -0.25) is 0 Å². The van der Waals surface area contributed by atoms with E-state index < -0.39 is 11.9 Å². The Morgan fingerprint density at radius 2 is 2.00 bits per heavy atom. The van der Waals surface area contributed by atoms with Crippen LogP contribution in [0.15, 0.2) is 23.4 Å². The maximum atomic E-state index is 12.3. The number of aryl methyl sites for hydroxylation is 1. The highest BCUT2D eigenvalue weighted by molar-refractivity contribution is 7.22. The molecule has 0 bridgehead atoms. The quantitative estimate of drug-likeness (QED) is 0.820. The number of nitrogens with two attached hydrogens (primary N) is 1. The van der Waals surface area contributed by atoms with Crippen molar-refractivity contribution in [2.45, 2.75) is 6.92 Å². The summed E-state index contributed by atoms with van der Waals surface area (Å²) in [6.07, 6.45) is 0. The number of thiazole rings is 1. The largest absolute Gasteiger partial charge is 0.466 e. The van der Waals surface area contributed by atoms with Gasteiger partial charge in [0, 0.05) is 5.69 Å². The maximum absolute atomic E-state index is 12.3. The van der Waals surface area contributed by atoms with E-state index in [2.05, 4.69) is 4.98 Å². The molecule has 9 heteroatoms. The zero-order valence-corrected chi connectivity index (χ0v) is 14.8. The molecule has 1 aromatic heterocycles. The van der Waals surface area contributed by atoms with Gasteiger partial charge in [0.25, 0.3) is 0 Å². The second-order valence-electron chi connectivity index (χ2n) is 5.37. The highest BCUT2D eigenvalue weighted by Gasteiger charge is 2.33. The van der Waals surface area contributed by atoms with Gasteiger partial charge in [0.15, 0.2) is 5.13 Å². The van der Waals surface area contributed by atoms with Gasteiger partial charge in [0.05, 0.1) is 36.6 Å². The first kappa shape index (κ1) is 17.2. The molecular formula is C16H17N3O5S. The molecule has 1 aromatic carbocycles. The second-order valence-corrected chi connectivity index (χ2v) is 6.44. The van der Waals surface area contributed by atoms with E-state index in [9.17, 15) is 9.59 Å². The lowest BCUT2D eigenvalue weighted by atomic mass is 10.1. The minimum Gasteiger partial charge on any atom is -0.466 e. The van der Waals surface area contributed by atoms with Crippen LogP contribution in [0.3, 0.4) is 0 Å². The van der Waals surface area contributed by atoms with Crippen LogP contribution in [-0.2, 0) is 23.8 Å². The molecule has 0 aliphatic carbocycles. The van der Waals surface area contributed by atoms with Crippen LogP contribution in [0.5, 0.6) is 0 Å². The maximum Gasteiger partial charge on any atom is 0.355 e. The smallest absolute Gasteiger partial charge is 0.355 e. The summed E-state index contributed by atoms with van der Waals surface area (Å²) in [4.78, 5) is 30.3. The van der Waals surface area contributed by atoms with Gasteiger partial charge in [0.2, 0.25) is 0 Å². The van der Waals surface area contributed by atoms with Crippen molar-refractivity contribution in [1.29, 1.82) is 0 Å². The number of fused-ring (bicyclic) bond motifs is 1. The summed E-state index contributed by atoms with van der Waals surface area (Å²) in [6.45, 7) is 1.96. The van der Waals surface area contributed by atoms with Crippen LogP contribution >= 0.6 is 11.3 Å². The van der Waals surface area contributed by atoms with Crippen molar-refractivity contribution in [3.63, 3.8) is 0 Å². The number of hydrogen-bond donors (Lipinski definition) is 1. The number of nitrogens with zero attached hydrogens (tertiary/aromatic N) is 2. The summed E-state index contributed by atoms with van der Waals surface area (Å²) in [5, 5.41) is 0.459. The zero-order valence-electron chi connectivity index (χ0n) is 14.0. The third-order valence-corrected chi connectivity index (χ3v) is 4.69. The fraction of sp³-hybridized carbons (Fsp3) is 0.312. The third kappa shape index (κ3) is 3.03. The van der Waals surface area contributed by atoms with Gasteiger partial charge in [-0.2, -0.15) is 0 Å². The standard InChI is InChI=1S/C16H17N3O5S/c1-8-4-12-10(18-16(17)25-12)5-11(8)19-7-24-6-9(14(20)22-2)13(19)15(21)23-3/h4-5H,6-7H2,1-3H3,(H2,17,18). The number of hydrogen-bond acceptors (Lipinski definition) is 9. The topological polar surface area (TPSA) is 104 Å². The number of ether oxygens (including phenoxy) is 3. The van der Waals surface area contributed by atoms with E-state index in [-0.39, 0.29) is 24.6 Å². The summed E-state index contributed by atoms with van der Waals surface area (Å²) in [6, 6.07) is 3.74. The van der Waals surface area contributed by atoms with E-state index >= 15 is 0 Å². The summed E-state index contributed by atoms with van der Waals surface area (Å²) >= 11 is 1.38. The van der Waals surface area contributed by atoms with Gasteiger partial charge in [-0.1, -0.05) is 11.3 Å². The Morgan fingerprint density at radius 1 is 1.28 bits per heavy atom. The van der Waals surface area contributed by atoms with Crippen LogP contribution in [0.25, 0.3) is 10.2 Å². The van der Waals surface area contributed by atoms with Crippen molar-refractivity contribution < 1.29 is 23.8 Å². The Morgan fingerprint density at radius 3 is 2.68 bits per heavy atom. The highest BCUT2D eigenvalue weighted by Crippen LogP contribution is 2.34. The van der Waals surface area contributed by atoms with Crippen molar-refractivity contribution in [1.82, 2.24) is 4.98 Å². The molecule has 132 valence electrons. The summed E-state index contributed by atoms with van der Waals surface area (Å²) < 4.78 is 16.1. The van der Waals surface area contributed by atoms with Gasteiger partial charge in [0.1, 0.15) is 12.4 Å². The fourth-order valence-corrected chi connectivity index (χ4v) is 3.52. The van der Waals surface area contributed by atoms with Crippen LogP contribution < -0.4 is 10.6 Å². The summed E-state index contributed by atoms with van der Waals surface area (Å²) in [5.74, 6) is -1.28. The van der Waals surface area contributed by atoms with Crippen molar-refractivity contribution in [2.24, 2.45) is 0 Å². The van der Waals surface area contributed by atoms with Gasteiger partial charge >= 0.3 is 11.9 Å². The molecule has 2 aromatic rings. The van der Waals surface area contributed by atoms with Gasteiger partial charge in [-0.05, 0) is 24.6 Å². The molecule has 1 aliphatic rings. The van der Waals surface area contributed by atoms with E-state index in [1.807, 2.05) is 19.1 Å². The molecule has 0 unspecified atom stereocenters. The monoisotopic (exact) mass is 363 g/mol. The third-order valence-electron chi connectivity index (χ3n) is 3.85. The molecule has 2 N–H and O–H groups in total. The molecule has 1 aliphatic heterocycles. The Balaban J connectivity index is 2.18. The molecule has 0 spiro atoms. The molecule has 0 saturated carbocycles. The molecule has 2 heterocycles. The molecule has 0 saturated heterocycles. The predicted octanol–water partition coefficient (Wildman–Crippen LogP) is 1.58.